The van der Waals surface area contributed by atoms with Crippen molar-refractivity contribution in [3.63, 3.8) is 0 Å². The molecule has 2 atom stereocenters. The van der Waals surface area contributed by atoms with Crippen LogP contribution in [-0.4, -0.2) is 33.5 Å². The molecule has 4 rings (SSSR count). The van der Waals surface area contributed by atoms with Crippen LogP contribution in [0.4, 0.5) is 4.39 Å². The Hall–Kier alpha value is -2.95. The third kappa shape index (κ3) is 3.57. The molecule has 1 aliphatic heterocycles. The molecule has 0 radical (unpaired) electrons. The number of pyridine rings is 1. The number of carbonyl (C=O) groups is 1. The molecule has 29 heavy (non-hydrogen) atoms. The summed E-state index contributed by atoms with van der Waals surface area (Å²) in [6.07, 6.45) is 7.31. The van der Waals surface area contributed by atoms with E-state index in [2.05, 4.69) is 18.9 Å². The van der Waals surface area contributed by atoms with Crippen LogP contribution in [-0.2, 0) is 0 Å². The summed E-state index contributed by atoms with van der Waals surface area (Å²) in [5.74, 6) is -0.473. The highest BCUT2D eigenvalue weighted by molar-refractivity contribution is 6.11. The lowest BCUT2D eigenvalue weighted by molar-refractivity contribution is 0.103. The van der Waals surface area contributed by atoms with Crippen molar-refractivity contribution in [3.05, 3.63) is 76.9 Å². The number of piperidine rings is 1. The average molecular weight is 391 g/mol. The fourth-order valence-corrected chi connectivity index (χ4v) is 4.30. The van der Waals surface area contributed by atoms with E-state index in [1.807, 2.05) is 41.9 Å². The van der Waals surface area contributed by atoms with Crippen molar-refractivity contribution < 1.29 is 9.18 Å². The molecule has 3 aromatic rings. The molecule has 1 saturated heterocycles. The Labute approximate surface area is 170 Å². The van der Waals surface area contributed by atoms with Gasteiger partial charge in [-0.2, -0.15) is 5.10 Å². The average Bonchev–Trinajstić information content (AvgIpc) is 2.99. The van der Waals surface area contributed by atoms with Gasteiger partial charge in [-0.05, 0) is 82.0 Å². The number of hydrogen-bond donors (Lipinski definition) is 0. The van der Waals surface area contributed by atoms with E-state index in [9.17, 15) is 9.18 Å². The van der Waals surface area contributed by atoms with Gasteiger partial charge in [0.15, 0.2) is 0 Å². The van der Waals surface area contributed by atoms with E-state index in [1.54, 1.807) is 0 Å². The zero-order valence-corrected chi connectivity index (χ0v) is 17.1. The number of benzene rings is 1. The third-order valence-corrected chi connectivity index (χ3v) is 5.92. The van der Waals surface area contributed by atoms with Crippen molar-refractivity contribution in [2.24, 2.45) is 5.10 Å². The smallest absolute Gasteiger partial charge is 0.210 e. The number of carbonyl (C=O) groups excluding carboxylic acids is 1. The van der Waals surface area contributed by atoms with Crippen LogP contribution in [0.2, 0.25) is 0 Å². The van der Waals surface area contributed by atoms with E-state index in [1.165, 1.54) is 30.7 Å². The minimum absolute atomic E-state index is 0.122. The molecule has 5 heteroatoms. The van der Waals surface area contributed by atoms with Crippen LogP contribution in [0.1, 0.15) is 60.3 Å². The normalized spacial score (nSPS) is 19.9. The first kappa shape index (κ1) is 19.4. The first-order chi connectivity index (χ1) is 14.0. The van der Waals surface area contributed by atoms with Gasteiger partial charge in [0.05, 0.1) is 17.4 Å². The molecule has 0 aliphatic carbocycles. The van der Waals surface area contributed by atoms with Crippen molar-refractivity contribution in [3.8, 4) is 0 Å². The molecule has 0 spiro atoms. The zero-order chi connectivity index (χ0) is 20.5. The lowest BCUT2D eigenvalue weighted by atomic mass is 10.00. The highest BCUT2D eigenvalue weighted by atomic mass is 19.1. The van der Waals surface area contributed by atoms with Gasteiger partial charge in [-0.15, -0.1) is 0 Å². The highest BCUT2D eigenvalue weighted by Gasteiger charge is 2.24. The summed E-state index contributed by atoms with van der Waals surface area (Å²) in [5.41, 5.74) is 3.83. The Morgan fingerprint density at radius 1 is 1.10 bits per heavy atom. The zero-order valence-electron chi connectivity index (χ0n) is 17.1. The third-order valence-electron chi connectivity index (χ3n) is 5.92. The Morgan fingerprint density at radius 3 is 2.48 bits per heavy atom. The fourth-order valence-electron chi connectivity index (χ4n) is 4.30. The minimum Gasteiger partial charge on any atom is -0.313 e. The summed E-state index contributed by atoms with van der Waals surface area (Å²) in [5, 5.41) is 6.99. The van der Waals surface area contributed by atoms with E-state index in [-0.39, 0.29) is 11.6 Å². The van der Waals surface area contributed by atoms with Crippen molar-refractivity contribution in [2.45, 2.75) is 52.1 Å². The van der Waals surface area contributed by atoms with Gasteiger partial charge in [-0.3, -0.25) is 9.80 Å². The molecule has 150 valence electrons. The van der Waals surface area contributed by atoms with Crippen LogP contribution in [0.3, 0.4) is 0 Å². The van der Waals surface area contributed by atoms with Gasteiger partial charge < -0.3 is 4.40 Å². The minimum atomic E-state index is -0.351. The first-order valence-corrected chi connectivity index (χ1v) is 10.2. The Balaban J connectivity index is 1.78. The molecule has 1 fully saturated rings. The maximum absolute atomic E-state index is 13.3. The second-order valence-corrected chi connectivity index (χ2v) is 7.93. The summed E-state index contributed by atoms with van der Waals surface area (Å²) in [4.78, 5) is 13.2. The van der Waals surface area contributed by atoms with E-state index in [4.69, 9.17) is 5.10 Å². The topological polar surface area (TPSA) is 37.1 Å². The number of hydrogen-bond acceptors (Lipinski definition) is 3. The van der Waals surface area contributed by atoms with Crippen LogP contribution in [0.5, 0.6) is 0 Å². The number of rotatable bonds is 4. The molecule has 0 N–H and O–H groups in total. The van der Waals surface area contributed by atoms with Crippen molar-refractivity contribution in [1.82, 2.24) is 9.41 Å². The molecule has 0 saturated carbocycles. The van der Waals surface area contributed by atoms with Crippen LogP contribution in [0.25, 0.3) is 5.52 Å². The van der Waals surface area contributed by atoms with E-state index < -0.39 is 0 Å². The molecule has 1 aromatic carbocycles. The molecular formula is C24H26FN3O. The van der Waals surface area contributed by atoms with Crippen molar-refractivity contribution in [1.29, 1.82) is 0 Å². The number of fused-ring (bicyclic) bond motifs is 1. The molecule has 2 aromatic heterocycles. The largest absolute Gasteiger partial charge is 0.313 e. The van der Waals surface area contributed by atoms with Crippen LogP contribution < -0.4 is 0 Å². The second-order valence-electron chi connectivity index (χ2n) is 7.93. The fraction of sp³-hybridized carbons (Fsp3) is 0.333. The lowest BCUT2D eigenvalue weighted by Crippen LogP contribution is -2.39. The molecule has 0 amide bonds. The number of nitrogens with zero attached hydrogens (tertiary/aromatic N) is 3. The monoisotopic (exact) mass is 391 g/mol. The van der Waals surface area contributed by atoms with E-state index in [0.29, 0.717) is 23.3 Å². The van der Waals surface area contributed by atoms with Gasteiger partial charge >= 0.3 is 0 Å². The molecular weight excluding hydrogens is 365 g/mol. The van der Waals surface area contributed by atoms with Gasteiger partial charge in [0.25, 0.3) is 0 Å². The summed E-state index contributed by atoms with van der Waals surface area (Å²) >= 11 is 0. The van der Waals surface area contributed by atoms with Crippen LogP contribution >= 0.6 is 0 Å². The van der Waals surface area contributed by atoms with Gasteiger partial charge in [0.1, 0.15) is 5.82 Å². The molecule has 4 nitrogen and oxygen atoms in total. The summed E-state index contributed by atoms with van der Waals surface area (Å²) in [6, 6.07) is 12.4. The number of halogens is 1. The van der Waals surface area contributed by atoms with Crippen LogP contribution in [0, 0.1) is 12.7 Å². The van der Waals surface area contributed by atoms with Crippen LogP contribution in [0.15, 0.2) is 53.8 Å². The standard InChI is InChI=1S/C24H26FN3O/c1-16-7-6-8-17(2)28(16)26-15-21-18(3)23(27-14-5-4-9-22(21)27)24(29)19-10-12-20(25)13-11-19/h4-5,9-17H,6-8H2,1-3H3. The number of ketones is 1. The SMILES string of the molecule is Cc1c(C=NN2C(C)CCCC2C)c2ccccn2c1C(=O)c1ccc(F)cc1. The molecule has 0 bridgehead atoms. The first-order valence-electron chi connectivity index (χ1n) is 10.2. The Kier molecular flexibility index (Phi) is 5.22. The van der Waals surface area contributed by atoms with Crippen molar-refractivity contribution in [2.75, 3.05) is 0 Å². The molecule has 3 heterocycles. The van der Waals surface area contributed by atoms with E-state index >= 15 is 0 Å². The summed E-state index contributed by atoms with van der Waals surface area (Å²) in [7, 11) is 0. The summed E-state index contributed by atoms with van der Waals surface area (Å²) in [6.45, 7) is 6.37. The molecule has 2 unspecified atom stereocenters. The van der Waals surface area contributed by atoms with Gasteiger partial charge in [-0.25, -0.2) is 4.39 Å². The maximum atomic E-state index is 13.3. The number of aromatic nitrogens is 1. The molecule has 1 aliphatic rings. The van der Waals surface area contributed by atoms with Gasteiger partial charge in [-0.1, -0.05) is 6.07 Å². The van der Waals surface area contributed by atoms with Gasteiger partial charge in [0.2, 0.25) is 5.78 Å². The maximum Gasteiger partial charge on any atom is 0.210 e. The lowest BCUT2D eigenvalue weighted by Gasteiger charge is -2.36. The Bertz CT molecular complexity index is 1060. The van der Waals surface area contributed by atoms with E-state index in [0.717, 1.165) is 29.5 Å². The van der Waals surface area contributed by atoms with Gasteiger partial charge in [0, 0.05) is 29.4 Å². The quantitative estimate of drug-likeness (QED) is 0.452. The number of hydrazone groups is 1. The predicted octanol–water partition coefficient (Wildman–Crippen LogP) is 5.21. The second kappa shape index (κ2) is 7.82. The van der Waals surface area contributed by atoms with Crippen molar-refractivity contribution >= 4 is 17.5 Å². The highest BCUT2D eigenvalue weighted by Crippen LogP contribution is 2.26. The summed E-state index contributed by atoms with van der Waals surface area (Å²) < 4.78 is 15.2. The Morgan fingerprint density at radius 2 is 1.79 bits per heavy atom. The predicted molar refractivity (Wildman–Crippen MR) is 114 cm³/mol.